The summed E-state index contributed by atoms with van der Waals surface area (Å²) in [6.07, 6.45) is 0.580. The van der Waals surface area contributed by atoms with E-state index in [-0.39, 0.29) is 30.1 Å². The Hall–Kier alpha value is -2.99. The maximum absolute atomic E-state index is 14.1. The van der Waals surface area contributed by atoms with Crippen molar-refractivity contribution in [2.45, 2.75) is 89.2 Å². The molecule has 48 heavy (non-hydrogen) atoms. The van der Waals surface area contributed by atoms with Crippen LogP contribution in [-0.4, -0.2) is 77.8 Å². The molecule has 2 aromatic carbocycles. The number of nitrogens with one attached hydrogen (secondary N) is 1. The summed E-state index contributed by atoms with van der Waals surface area (Å²) in [6, 6.07) is 14.6. The van der Waals surface area contributed by atoms with Crippen LogP contribution >= 0.6 is 11.6 Å². The Morgan fingerprint density at radius 2 is 1.88 bits per heavy atom. The molecule has 260 valence electrons. The lowest BCUT2D eigenvalue weighted by molar-refractivity contribution is -0.225. The molecule has 0 amide bonds. The summed E-state index contributed by atoms with van der Waals surface area (Å²) in [7, 11) is 3.80. The van der Waals surface area contributed by atoms with E-state index in [1.54, 1.807) is 25.2 Å². The highest BCUT2D eigenvalue weighted by molar-refractivity contribution is 6.33. The number of hydroxylamine groups is 1. The number of anilines is 1. The van der Waals surface area contributed by atoms with Crippen molar-refractivity contribution in [2.24, 2.45) is 23.7 Å². The van der Waals surface area contributed by atoms with Crippen LogP contribution in [0.1, 0.15) is 58.1 Å². The molecule has 0 aromatic heterocycles. The van der Waals surface area contributed by atoms with Gasteiger partial charge in [0, 0.05) is 45.0 Å². The molecule has 2 aliphatic carbocycles. The zero-order valence-electron chi connectivity index (χ0n) is 28.6. The van der Waals surface area contributed by atoms with Crippen molar-refractivity contribution in [3.63, 3.8) is 0 Å². The first-order valence-electron chi connectivity index (χ1n) is 16.9. The Labute approximate surface area is 287 Å². The number of halogens is 1. The second kappa shape index (κ2) is 13.4. The minimum absolute atomic E-state index is 0.0394. The number of nitrogens with zero attached hydrogens (tertiary/aromatic N) is 2. The fraction of sp³-hybridized carbons (Fsp3) is 0.568. The molecular weight excluding hydrogens is 634 g/mol. The van der Waals surface area contributed by atoms with Crippen LogP contribution in [0.3, 0.4) is 0 Å². The van der Waals surface area contributed by atoms with E-state index in [1.807, 2.05) is 38.1 Å². The Balaban J connectivity index is 1.26. The molecule has 0 bridgehead atoms. The van der Waals surface area contributed by atoms with Crippen molar-refractivity contribution in [3.8, 4) is 0 Å². The van der Waals surface area contributed by atoms with Gasteiger partial charge < -0.3 is 24.6 Å². The number of carbonyl (C=O) groups excluding carboxylic acids is 2. The average Bonchev–Trinajstić information content (AvgIpc) is 3.38. The van der Waals surface area contributed by atoms with Crippen molar-refractivity contribution in [2.75, 3.05) is 25.7 Å². The molecule has 1 unspecified atom stereocenters. The Kier molecular flexibility index (Phi) is 9.72. The van der Waals surface area contributed by atoms with Crippen LogP contribution in [0.15, 0.2) is 60.2 Å². The number of carbonyl (C=O) groups is 2. The summed E-state index contributed by atoms with van der Waals surface area (Å²) < 4.78 is 12.1. The smallest absolute Gasteiger partial charge is 0.323 e. The van der Waals surface area contributed by atoms with Crippen LogP contribution in [0.4, 0.5) is 5.69 Å². The molecule has 2 aliphatic heterocycles. The predicted molar refractivity (Wildman–Crippen MR) is 182 cm³/mol. The molecule has 2 heterocycles. The van der Waals surface area contributed by atoms with E-state index in [4.69, 9.17) is 25.9 Å². The average molecular weight is 682 g/mol. The molecule has 1 saturated heterocycles. The second-order valence-electron chi connectivity index (χ2n) is 14.5. The van der Waals surface area contributed by atoms with Gasteiger partial charge in [-0.05, 0) is 61.8 Å². The van der Waals surface area contributed by atoms with Gasteiger partial charge in [-0.3, -0.25) is 24.8 Å². The van der Waals surface area contributed by atoms with Crippen molar-refractivity contribution in [3.05, 3.63) is 76.3 Å². The van der Waals surface area contributed by atoms with Gasteiger partial charge in [0.05, 0.1) is 10.7 Å². The standard InChI is InChI=1S/C37H48ClN3O7/c1-21-17-28-26(22(2)19-40(5)20-25-11-8-7-9-12-25)16-15-23(3)37(28,45)33(32(21)46-24(4)42)47-34(43)30-18-36(44)27-13-10-14-29(38)31(27)41(6)48-35(36)39-30/h7-14,17,22-23,26,28,30,32-33,35,39,44-45H,15-16,18-20H2,1-6H3/t22?,23-,26+,28-,30+,32-,33+,35-,36-,37-/m1/s1. The lowest BCUT2D eigenvalue weighted by atomic mass is 9.55. The molecule has 10 atom stereocenters. The summed E-state index contributed by atoms with van der Waals surface area (Å²) in [5, 5.41) is 29.7. The van der Waals surface area contributed by atoms with E-state index < -0.39 is 47.6 Å². The largest absolute Gasteiger partial charge is 0.454 e. The first kappa shape index (κ1) is 34.9. The van der Waals surface area contributed by atoms with Crippen LogP contribution < -0.4 is 10.4 Å². The molecule has 0 radical (unpaired) electrons. The van der Waals surface area contributed by atoms with Gasteiger partial charge in [0.25, 0.3) is 0 Å². The third kappa shape index (κ3) is 6.16. The van der Waals surface area contributed by atoms with Crippen LogP contribution in [0.5, 0.6) is 0 Å². The monoisotopic (exact) mass is 681 g/mol. The lowest BCUT2D eigenvalue weighted by Gasteiger charge is -2.56. The normalized spacial score (nSPS) is 34.8. The van der Waals surface area contributed by atoms with Gasteiger partial charge >= 0.3 is 11.9 Å². The fourth-order valence-electron chi connectivity index (χ4n) is 8.75. The zero-order chi connectivity index (χ0) is 34.5. The number of esters is 2. The molecule has 11 heteroatoms. The van der Waals surface area contributed by atoms with E-state index in [0.29, 0.717) is 16.3 Å². The first-order valence-corrected chi connectivity index (χ1v) is 17.3. The molecule has 3 N–H and O–H groups in total. The first-order chi connectivity index (χ1) is 22.7. The molecule has 6 rings (SSSR count). The second-order valence-corrected chi connectivity index (χ2v) is 14.9. The van der Waals surface area contributed by atoms with Gasteiger partial charge in [-0.15, -0.1) is 0 Å². The maximum atomic E-state index is 14.1. The number of rotatable bonds is 8. The summed E-state index contributed by atoms with van der Waals surface area (Å²) in [4.78, 5) is 34.7. The topological polar surface area (TPSA) is 121 Å². The summed E-state index contributed by atoms with van der Waals surface area (Å²) in [5.41, 5.74) is -0.0124. The molecule has 2 aromatic rings. The highest BCUT2D eigenvalue weighted by atomic mass is 35.5. The Bertz CT molecular complexity index is 1560. The SMILES string of the molecule is CC(=O)O[C@@H]1C(C)=C[C@@H]2[C@H](C(C)CN(C)Cc3ccccc3)CC[C@@H](C)[C@]2(O)[C@H]1OC(=O)[C@@H]1C[C@@]2(O)c3cccc(Cl)c3N(C)O[C@H]2N1. The van der Waals surface area contributed by atoms with Crippen molar-refractivity contribution >= 4 is 29.2 Å². The Morgan fingerprint density at radius 3 is 2.58 bits per heavy atom. The molecule has 0 spiro atoms. The predicted octanol–water partition coefficient (Wildman–Crippen LogP) is 4.56. The minimum atomic E-state index is -1.56. The van der Waals surface area contributed by atoms with Crippen molar-refractivity contribution < 1.29 is 34.1 Å². The number of hydrogen-bond acceptors (Lipinski definition) is 10. The number of ether oxygens (including phenoxy) is 2. The van der Waals surface area contributed by atoms with E-state index in [2.05, 4.69) is 36.3 Å². The Morgan fingerprint density at radius 1 is 1.15 bits per heavy atom. The lowest BCUT2D eigenvalue weighted by Crippen LogP contribution is -2.66. The third-order valence-corrected chi connectivity index (χ3v) is 11.4. The summed E-state index contributed by atoms with van der Waals surface area (Å²) in [5.74, 6) is -1.47. The van der Waals surface area contributed by atoms with Gasteiger partial charge in [0.2, 0.25) is 0 Å². The van der Waals surface area contributed by atoms with Gasteiger partial charge in [-0.25, -0.2) is 0 Å². The highest BCUT2D eigenvalue weighted by Crippen LogP contribution is 2.53. The number of para-hydroxylation sites is 1. The minimum Gasteiger partial charge on any atom is -0.454 e. The van der Waals surface area contributed by atoms with E-state index in [0.717, 1.165) is 31.5 Å². The molecular formula is C37H48ClN3O7. The molecule has 10 nitrogen and oxygen atoms in total. The fourth-order valence-corrected chi connectivity index (χ4v) is 9.04. The van der Waals surface area contributed by atoms with Crippen LogP contribution in [0.25, 0.3) is 0 Å². The van der Waals surface area contributed by atoms with E-state index in [9.17, 15) is 19.8 Å². The van der Waals surface area contributed by atoms with Crippen LogP contribution in [0.2, 0.25) is 5.02 Å². The number of fused-ring (bicyclic) bond motifs is 4. The van der Waals surface area contributed by atoms with Crippen LogP contribution in [-0.2, 0) is 36.0 Å². The van der Waals surface area contributed by atoms with Gasteiger partial charge in [-0.1, -0.05) is 74.0 Å². The number of hydrogen-bond donors (Lipinski definition) is 3. The van der Waals surface area contributed by atoms with Crippen LogP contribution in [0, 0.1) is 23.7 Å². The van der Waals surface area contributed by atoms with Gasteiger partial charge in [0.1, 0.15) is 17.2 Å². The summed E-state index contributed by atoms with van der Waals surface area (Å²) >= 11 is 6.46. The van der Waals surface area contributed by atoms with Gasteiger partial charge in [0.15, 0.2) is 18.4 Å². The van der Waals surface area contributed by atoms with Gasteiger partial charge in [-0.2, -0.15) is 0 Å². The zero-order valence-corrected chi connectivity index (χ0v) is 29.3. The maximum Gasteiger partial charge on any atom is 0.323 e. The number of aliphatic hydroxyl groups is 2. The summed E-state index contributed by atoms with van der Waals surface area (Å²) in [6.45, 7) is 9.00. The quantitative estimate of drug-likeness (QED) is 0.270. The third-order valence-electron chi connectivity index (χ3n) is 11.1. The highest BCUT2D eigenvalue weighted by Gasteiger charge is 2.62. The van der Waals surface area contributed by atoms with E-state index in [1.165, 1.54) is 17.6 Å². The molecule has 1 saturated carbocycles. The molecule has 4 aliphatic rings. The van der Waals surface area contributed by atoms with E-state index >= 15 is 0 Å². The van der Waals surface area contributed by atoms with Crippen molar-refractivity contribution in [1.82, 2.24) is 10.2 Å². The number of benzene rings is 2. The van der Waals surface area contributed by atoms with Crippen molar-refractivity contribution in [1.29, 1.82) is 0 Å². The molecule has 2 fully saturated rings.